The fourth-order valence-electron chi connectivity index (χ4n) is 1.76. The lowest BCUT2D eigenvalue weighted by molar-refractivity contribution is -0.385. The number of para-hydroxylation sites is 2. The number of halogens is 4. The lowest BCUT2D eigenvalue weighted by atomic mass is 10.2. The van der Waals surface area contributed by atoms with E-state index in [-0.39, 0.29) is 11.4 Å². The number of carbonyl (C=O) groups is 1. The first-order valence-electron chi connectivity index (χ1n) is 6.27. The van der Waals surface area contributed by atoms with Gasteiger partial charge >= 0.3 is 18.0 Å². The fraction of sp³-hybridized carbons (Fsp3) is 0.0714. The van der Waals surface area contributed by atoms with E-state index in [1.807, 2.05) is 0 Å². The zero-order valence-corrected chi connectivity index (χ0v) is 12.4. The summed E-state index contributed by atoms with van der Waals surface area (Å²) in [5.41, 5.74) is -1.82. The first-order valence-corrected chi connectivity index (χ1v) is 6.65. The molecule has 0 aromatic heterocycles. The Bertz CT molecular complexity index is 796. The van der Waals surface area contributed by atoms with E-state index in [4.69, 9.17) is 16.3 Å². The second kappa shape index (κ2) is 6.75. The van der Waals surface area contributed by atoms with Gasteiger partial charge in [-0.2, -0.15) is 13.2 Å². The van der Waals surface area contributed by atoms with Crippen molar-refractivity contribution in [2.45, 2.75) is 6.18 Å². The molecule has 2 aromatic rings. The van der Waals surface area contributed by atoms with Crippen molar-refractivity contribution in [3.8, 4) is 5.75 Å². The van der Waals surface area contributed by atoms with Crippen molar-refractivity contribution in [2.24, 2.45) is 0 Å². The Morgan fingerprint density at radius 2 is 1.88 bits per heavy atom. The molecule has 0 atom stereocenters. The van der Waals surface area contributed by atoms with Gasteiger partial charge in [0.1, 0.15) is 0 Å². The molecular weight excluding hydrogens is 353 g/mol. The minimum atomic E-state index is -4.70. The average molecular weight is 361 g/mol. The highest BCUT2D eigenvalue weighted by Gasteiger charge is 2.33. The molecular formula is C14H8ClF3N2O4. The maximum Gasteiger partial charge on any atom is 0.417 e. The molecule has 0 aliphatic carbocycles. The van der Waals surface area contributed by atoms with E-state index in [2.05, 4.69) is 5.32 Å². The third kappa shape index (κ3) is 4.13. The van der Waals surface area contributed by atoms with E-state index in [1.54, 1.807) is 0 Å². The average Bonchev–Trinajstić information content (AvgIpc) is 2.48. The van der Waals surface area contributed by atoms with Crippen LogP contribution in [0.3, 0.4) is 0 Å². The summed E-state index contributed by atoms with van der Waals surface area (Å²) in [5, 5.41) is 12.3. The number of nitro benzene ring substituents is 1. The highest BCUT2D eigenvalue weighted by molar-refractivity contribution is 6.31. The van der Waals surface area contributed by atoms with Crippen LogP contribution in [0.1, 0.15) is 5.56 Å². The molecule has 126 valence electrons. The molecule has 0 spiro atoms. The summed E-state index contributed by atoms with van der Waals surface area (Å²) in [5.74, 6) is -0.343. The number of alkyl halides is 3. The first-order chi connectivity index (χ1) is 11.2. The van der Waals surface area contributed by atoms with Gasteiger partial charge in [0.25, 0.3) is 0 Å². The van der Waals surface area contributed by atoms with E-state index in [0.717, 1.165) is 18.2 Å². The molecule has 1 N–H and O–H groups in total. The SMILES string of the molecule is O=C(Nc1ccc(Cl)c(C(F)(F)F)c1)Oc1ccccc1[N+](=O)[O-]. The number of hydrogen-bond donors (Lipinski definition) is 1. The van der Waals surface area contributed by atoms with Crippen LogP contribution in [0.2, 0.25) is 5.02 Å². The van der Waals surface area contributed by atoms with Gasteiger partial charge in [-0.25, -0.2) is 4.79 Å². The molecule has 24 heavy (non-hydrogen) atoms. The topological polar surface area (TPSA) is 81.5 Å². The van der Waals surface area contributed by atoms with Gasteiger partial charge in [0.15, 0.2) is 0 Å². The summed E-state index contributed by atoms with van der Waals surface area (Å²) < 4.78 is 43.0. The number of nitrogens with one attached hydrogen (secondary N) is 1. The van der Waals surface area contributed by atoms with Crippen LogP contribution >= 0.6 is 11.6 Å². The lowest BCUT2D eigenvalue weighted by Crippen LogP contribution is -2.18. The Morgan fingerprint density at radius 1 is 1.21 bits per heavy atom. The molecule has 10 heteroatoms. The fourth-order valence-corrected chi connectivity index (χ4v) is 1.98. The minimum absolute atomic E-state index is 0.227. The highest BCUT2D eigenvalue weighted by Crippen LogP contribution is 2.36. The third-order valence-electron chi connectivity index (χ3n) is 2.78. The molecule has 0 unspecified atom stereocenters. The van der Waals surface area contributed by atoms with Crippen LogP contribution in [-0.2, 0) is 6.18 Å². The van der Waals surface area contributed by atoms with Gasteiger partial charge in [0.05, 0.1) is 15.5 Å². The van der Waals surface area contributed by atoms with Crippen LogP contribution in [-0.4, -0.2) is 11.0 Å². The number of carbonyl (C=O) groups excluding carboxylic acids is 1. The minimum Gasteiger partial charge on any atom is -0.403 e. The number of nitrogens with zero attached hydrogens (tertiary/aromatic N) is 1. The third-order valence-corrected chi connectivity index (χ3v) is 3.11. The van der Waals surface area contributed by atoms with Crippen LogP contribution in [0.5, 0.6) is 5.75 Å². The summed E-state index contributed by atoms with van der Waals surface area (Å²) >= 11 is 5.46. The van der Waals surface area contributed by atoms with Crippen molar-refractivity contribution in [1.82, 2.24) is 0 Å². The molecule has 0 radical (unpaired) electrons. The number of benzene rings is 2. The second-order valence-electron chi connectivity index (χ2n) is 4.43. The van der Waals surface area contributed by atoms with Gasteiger partial charge in [0, 0.05) is 11.8 Å². The van der Waals surface area contributed by atoms with Gasteiger partial charge in [0.2, 0.25) is 5.75 Å². The Labute approximate surface area is 137 Å². The lowest BCUT2D eigenvalue weighted by Gasteiger charge is -2.12. The van der Waals surface area contributed by atoms with E-state index in [0.29, 0.717) is 6.07 Å². The highest BCUT2D eigenvalue weighted by atomic mass is 35.5. The molecule has 0 aliphatic rings. The van der Waals surface area contributed by atoms with Crippen molar-refractivity contribution in [1.29, 1.82) is 0 Å². The van der Waals surface area contributed by atoms with Gasteiger partial charge < -0.3 is 4.74 Å². The standard InChI is InChI=1S/C14H8ClF3N2O4/c15-10-6-5-8(7-9(10)14(16,17)18)19-13(21)24-12-4-2-1-3-11(12)20(22)23/h1-7H,(H,19,21). The number of anilines is 1. The van der Waals surface area contributed by atoms with Crippen molar-refractivity contribution in [3.63, 3.8) is 0 Å². The molecule has 2 rings (SSSR count). The zero-order valence-electron chi connectivity index (χ0n) is 11.6. The molecule has 2 aromatic carbocycles. The number of rotatable bonds is 3. The Kier molecular flexibility index (Phi) is 4.93. The predicted molar refractivity (Wildman–Crippen MR) is 79.2 cm³/mol. The van der Waals surface area contributed by atoms with E-state index < -0.39 is 33.5 Å². The summed E-state index contributed by atoms with van der Waals surface area (Å²) in [7, 11) is 0. The summed E-state index contributed by atoms with van der Waals surface area (Å²) in [6.45, 7) is 0. The maximum atomic E-state index is 12.8. The summed E-state index contributed by atoms with van der Waals surface area (Å²) in [6.07, 6.45) is -5.88. The van der Waals surface area contributed by atoms with Crippen LogP contribution in [0.25, 0.3) is 0 Å². The van der Waals surface area contributed by atoms with Crippen molar-refractivity contribution in [2.75, 3.05) is 5.32 Å². The largest absolute Gasteiger partial charge is 0.417 e. The molecule has 0 aliphatic heterocycles. The summed E-state index contributed by atoms with van der Waals surface area (Å²) in [4.78, 5) is 21.8. The molecule has 0 saturated heterocycles. The van der Waals surface area contributed by atoms with Crippen LogP contribution in [0.15, 0.2) is 42.5 Å². The normalized spacial score (nSPS) is 11.0. The molecule has 6 nitrogen and oxygen atoms in total. The predicted octanol–water partition coefficient (Wildman–Crippen LogP) is 4.88. The summed E-state index contributed by atoms with van der Waals surface area (Å²) in [6, 6.07) is 7.80. The number of amides is 1. The smallest absolute Gasteiger partial charge is 0.403 e. The monoisotopic (exact) mass is 360 g/mol. The molecule has 1 amide bonds. The molecule has 0 bridgehead atoms. The van der Waals surface area contributed by atoms with E-state index in [1.165, 1.54) is 18.2 Å². The van der Waals surface area contributed by atoms with Crippen LogP contribution in [0.4, 0.5) is 29.3 Å². The van der Waals surface area contributed by atoms with Crippen molar-refractivity contribution >= 4 is 29.1 Å². The quantitative estimate of drug-likeness (QED) is 0.625. The van der Waals surface area contributed by atoms with E-state index >= 15 is 0 Å². The van der Waals surface area contributed by atoms with Crippen molar-refractivity contribution in [3.05, 3.63) is 63.2 Å². The van der Waals surface area contributed by atoms with E-state index in [9.17, 15) is 28.1 Å². The molecule has 0 heterocycles. The Hall–Kier alpha value is -2.81. The molecule has 0 fully saturated rings. The van der Waals surface area contributed by atoms with Crippen molar-refractivity contribution < 1.29 is 27.6 Å². The van der Waals surface area contributed by atoms with Gasteiger partial charge in [-0.1, -0.05) is 23.7 Å². The Balaban J connectivity index is 2.18. The maximum absolute atomic E-state index is 12.8. The van der Waals surface area contributed by atoms with Gasteiger partial charge in [-0.15, -0.1) is 0 Å². The Morgan fingerprint density at radius 3 is 2.50 bits per heavy atom. The first kappa shape index (κ1) is 17.5. The number of nitro groups is 1. The second-order valence-corrected chi connectivity index (χ2v) is 4.84. The number of hydrogen-bond acceptors (Lipinski definition) is 4. The van der Waals surface area contributed by atoms with Crippen LogP contribution in [0, 0.1) is 10.1 Å². The van der Waals surface area contributed by atoms with Gasteiger partial charge in [-0.3, -0.25) is 15.4 Å². The van der Waals surface area contributed by atoms with Gasteiger partial charge in [-0.05, 0) is 24.3 Å². The van der Waals surface area contributed by atoms with Crippen LogP contribution < -0.4 is 10.1 Å². The molecule has 0 saturated carbocycles. The number of ether oxygens (including phenoxy) is 1. The zero-order chi connectivity index (χ0) is 17.9.